The van der Waals surface area contributed by atoms with E-state index >= 15 is 0 Å². The Balaban J connectivity index is 1.50. The molecule has 3 aromatic carbocycles. The van der Waals surface area contributed by atoms with Crippen LogP contribution in [0.2, 0.25) is 0 Å². The van der Waals surface area contributed by atoms with Gasteiger partial charge in [0.1, 0.15) is 19.0 Å². The molecule has 0 unspecified atom stereocenters. The quantitative estimate of drug-likeness (QED) is 0.681. The Morgan fingerprint density at radius 1 is 0.903 bits per heavy atom. The van der Waals surface area contributed by atoms with Gasteiger partial charge in [0.2, 0.25) is 0 Å². The van der Waals surface area contributed by atoms with Gasteiger partial charge in [-0.05, 0) is 52.9 Å². The van der Waals surface area contributed by atoms with Crippen molar-refractivity contribution in [3.63, 3.8) is 0 Å². The molecule has 0 fully saturated rings. The van der Waals surface area contributed by atoms with E-state index in [2.05, 4.69) is 19.1 Å². The fourth-order valence-corrected chi connectivity index (χ4v) is 4.14. The summed E-state index contributed by atoms with van der Waals surface area (Å²) in [5.74, 6) is 2.11. The SMILES string of the molecule is Cc1c(-c2ccc3c(c2)OC(=O)N(CCO)C3)cccc1-c1ccc2c(c1)OCCO2. The monoisotopic (exact) mass is 417 g/mol. The Bertz CT molecular complexity index is 1160. The van der Waals surface area contributed by atoms with Gasteiger partial charge in [-0.2, -0.15) is 0 Å². The minimum absolute atomic E-state index is 0.0889. The first-order chi connectivity index (χ1) is 15.1. The Morgan fingerprint density at radius 3 is 2.32 bits per heavy atom. The molecule has 6 heteroatoms. The smallest absolute Gasteiger partial charge is 0.415 e. The Kier molecular flexibility index (Phi) is 5.00. The zero-order valence-electron chi connectivity index (χ0n) is 17.3. The fourth-order valence-electron chi connectivity index (χ4n) is 4.14. The molecule has 1 N–H and O–H groups in total. The maximum Gasteiger partial charge on any atom is 0.415 e. The predicted molar refractivity (Wildman–Crippen MR) is 117 cm³/mol. The van der Waals surface area contributed by atoms with Crippen LogP contribution in [-0.4, -0.2) is 42.5 Å². The first kappa shape index (κ1) is 19.5. The molecule has 0 atom stereocenters. The lowest BCUT2D eigenvalue weighted by atomic mass is 9.92. The largest absolute Gasteiger partial charge is 0.486 e. The molecule has 2 aliphatic rings. The molecule has 158 valence electrons. The number of β-amino-alcohol motifs (C(OH)–C–C–N with tert-alkyl or cyclic N) is 1. The molecule has 5 rings (SSSR count). The van der Waals surface area contributed by atoms with Gasteiger partial charge in [0.15, 0.2) is 11.5 Å². The second-order valence-corrected chi connectivity index (χ2v) is 7.67. The molecule has 6 nitrogen and oxygen atoms in total. The lowest BCUT2D eigenvalue weighted by molar-refractivity contribution is 0.125. The van der Waals surface area contributed by atoms with Gasteiger partial charge < -0.3 is 24.2 Å². The third kappa shape index (κ3) is 3.59. The standard InChI is InChI=1S/C25H23NO5/c1-16-20(17-5-6-19-15-26(9-10-27)25(28)31-23(19)13-17)3-2-4-21(16)18-7-8-22-24(14-18)30-12-11-29-22/h2-8,13-14,27H,9-12,15H2,1H3. The van der Waals surface area contributed by atoms with Crippen LogP contribution >= 0.6 is 0 Å². The van der Waals surface area contributed by atoms with Gasteiger partial charge in [0, 0.05) is 12.1 Å². The van der Waals surface area contributed by atoms with E-state index in [9.17, 15) is 4.79 Å². The summed E-state index contributed by atoms with van der Waals surface area (Å²) in [6, 6.07) is 18.2. The highest BCUT2D eigenvalue weighted by atomic mass is 16.6. The first-order valence-electron chi connectivity index (χ1n) is 10.3. The summed E-state index contributed by atoms with van der Waals surface area (Å²) in [5.41, 5.74) is 6.29. The van der Waals surface area contributed by atoms with Crippen molar-refractivity contribution in [1.82, 2.24) is 4.90 Å². The molecule has 0 saturated heterocycles. The number of benzene rings is 3. The second-order valence-electron chi connectivity index (χ2n) is 7.67. The van der Waals surface area contributed by atoms with Crippen LogP contribution in [-0.2, 0) is 6.54 Å². The van der Waals surface area contributed by atoms with Gasteiger partial charge in [-0.1, -0.05) is 36.4 Å². The summed E-state index contributed by atoms with van der Waals surface area (Å²) in [6.07, 6.45) is -0.430. The van der Waals surface area contributed by atoms with Gasteiger partial charge in [-0.15, -0.1) is 0 Å². The van der Waals surface area contributed by atoms with Crippen LogP contribution in [0.5, 0.6) is 17.2 Å². The Labute approximate surface area is 180 Å². The maximum absolute atomic E-state index is 12.2. The van der Waals surface area contributed by atoms with Crippen LogP contribution in [0.25, 0.3) is 22.3 Å². The lowest BCUT2D eigenvalue weighted by Gasteiger charge is -2.27. The topological polar surface area (TPSA) is 68.2 Å². The second kappa shape index (κ2) is 7.96. The normalized spacial score (nSPS) is 14.8. The molecule has 1 amide bonds. The molecular formula is C25H23NO5. The molecule has 0 bridgehead atoms. The lowest BCUT2D eigenvalue weighted by Crippen LogP contribution is -2.38. The number of hydrogen-bond donors (Lipinski definition) is 1. The summed E-state index contributed by atoms with van der Waals surface area (Å²) in [4.78, 5) is 13.7. The third-order valence-corrected chi connectivity index (χ3v) is 5.75. The highest BCUT2D eigenvalue weighted by molar-refractivity contribution is 5.81. The summed E-state index contributed by atoms with van der Waals surface area (Å²) in [6.45, 7) is 3.83. The van der Waals surface area contributed by atoms with E-state index < -0.39 is 6.09 Å². The zero-order chi connectivity index (χ0) is 21.4. The maximum atomic E-state index is 12.2. The summed E-state index contributed by atoms with van der Waals surface area (Å²) < 4.78 is 16.9. The molecular weight excluding hydrogens is 394 g/mol. The molecule has 2 heterocycles. The van der Waals surface area contributed by atoms with Crippen molar-refractivity contribution in [3.8, 4) is 39.5 Å². The van der Waals surface area contributed by atoms with Gasteiger partial charge in [-0.25, -0.2) is 4.79 Å². The van der Waals surface area contributed by atoms with Crippen LogP contribution in [0.1, 0.15) is 11.1 Å². The number of hydrogen-bond acceptors (Lipinski definition) is 5. The van der Waals surface area contributed by atoms with Crippen molar-refractivity contribution < 1.29 is 24.1 Å². The number of fused-ring (bicyclic) bond motifs is 2. The van der Waals surface area contributed by atoms with Crippen LogP contribution in [0.15, 0.2) is 54.6 Å². The number of aliphatic hydroxyl groups excluding tert-OH is 1. The highest BCUT2D eigenvalue weighted by Crippen LogP contribution is 2.39. The average molecular weight is 417 g/mol. The molecule has 0 radical (unpaired) electrons. The van der Waals surface area contributed by atoms with Crippen LogP contribution in [0.4, 0.5) is 4.79 Å². The van der Waals surface area contributed by atoms with Crippen LogP contribution in [0.3, 0.4) is 0 Å². The van der Waals surface area contributed by atoms with Crippen molar-refractivity contribution in [2.45, 2.75) is 13.5 Å². The summed E-state index contributed by atoms with van der Waals surface area (Å²) in [5, 5.41) is 9.13. The molecule has 3 aromatic rings. The fraction of sp³-hybridized carbons (Fsp3) is 0.240. The molecule has 0 aliphatic carbocycles. The van der Waals surface area contributed by atoms with E-state index in [0.717, 1.165) is 44.9 Å². The van der Waals surface area contributed by atoms with Gasteiger partial charge in [0.05, 0.1) is 13.2 Å². The van der Waals surface area contributed by atoms with E-state index in [1.165, 1.54) is 4.90 Å². The average Bonchev–Trinajstić information content (AvgIpc) is 2.79. The van der Waals surface area contributed by atoms with E-state index in [-0.39, 0.29) is 13.2 Å². The molecule has 2 aliphatic heterocycles. The van der Waals surface area contributed by atoms with Gasteiger partial charge in [-0.3, -0.25) is 0 Å². The number of carbonyl (C=O) groups excluding carboxylic acids is 1. The van der Waals surface area contributed by atoms with Crippen molar-refractivity contribution in [2.75, 3.05) is 26.4 Å². The zero-order valence-corrected chi connectivity index (χ0v) is 17.3. The van der Waals surface area contributed by atoms with Crippen LogP contribution < -0.4 is 14.2 Å². The van der Waals surface area contributed by atoms with E-state index in [0.29, 0.717) is 25.5 Å². The minimum atomic E-state index is -0.430. The molecule has 0 aromatic heterocycles. The highest BCUT2D eigenvalue weighted by Gasteiger charge is 2.25. The van der Waals surface area contributed by atoms with E-state index in [4.69, 9.17) is 19.3 Å². The molecule has 0 saturated carbocycles. The van der Waals surface area contributed by atoms with Crippen molar-refractivity contribution >= 4 is 6.09 Å². The molecule has 0 spiro atoms. The van der Waals surface area contributed by atoms with E-state index in [1.807, 2.05) is 42.5 Å². The van der Waals surface area contributed by atoms with Gasteiger partial charge >= 0.3 is 6.09 Å². The van der Waals surface area contributed by atoms with Crippen molar-refractivity contribution in [3.05, 3.63) is 65.7 Å². The van der Waals surface area contributed by atoms with Crippen molar-refractivity contribution in [2.24, 2.45) is 0 Å². The minimum Gasteiger partial charge on any atom is -0.486 e. The number of nitrogens with zero attached hydrogens (tertiary/aromatic N) is 1. The molecule has 31 heavy (non-hydrogen) atoms. The number of aliphatic hydroxyl groups is 1. The number of carbonyl (C=O) groups is 1. The van der Waals surface area contributed by atoms with E-state index in [1.54, 1.807) is 0 Å². The number of amides is 1. The van der Waals surface area contributed by atoms with Crippen LogP contribution in [0, 0.1) is 6.92 Å². The van der Waals surface area contributed by atoms with Crippen molar-refractivity contribution in [1.29, 1.82) is 0 Å². The summed E-state index contributed by atoms with van der Waals surface area (Å²) in [7, 11) is 0. The number of rotatable bonds is 4. The van der Waals surface area contributed by atoms with Gasteiger partial charge in [0.25, 0.3) is 0 Å². The Hall–Kier alpha value is -3.51. The number of ether oxygens (including phenoxy) is 3. The predicted octanol–water partition coefficient (Wildman–Crippen LogP) is 4.41. The third-order valence-electron chi connectivity index (χ3n) is 5.75. The summed E-state index contributed by atoms with van der Waals surface area (Å²) >= 11 is 0. The first-order valence-corrected chi connectivity index (χ1v) is 10.3. The Morgan fingerprint density at radius 2 is 1.58 bits per heavy atom.